The van der Waals surface area contributed by atoms with E-state index in [1.54, 1.807) is 25.4 Å². The van der Waals surface area contributed by atoms with E-state index in [2.05, 4.69) is 36.4 Å². The molecule has 0 unspecified atom stereocenters. The first kappa shape index (κ1) is 32.8. The summed E-state index contributed by atoms with van der Waals surface area (Å²) in [5.41, 5.74) is 6.79. The lowest BCUT2D eigenvalue weighted by Crippen LogP contribution is -2.44. The molecule has 0 saturated heterocycles. The number of methoxy groups -OCH3 is 1. The largest absolute Gasteiger partial charge is 0.477 e. The molecule has 1 heterocycles. The topological polar surface area (TPSA) is 136 Å². The molecule has 0 aromatic carbocycles. The van der Waals surface area contributed by atoms with Crippen molar-refractivity contribution in [3.8, 4) is 5.88 Å². The second-order valence-electron chi connectivity index (χ2n) is 10.5. The van der Waals surface area contributed by atoms with E-state index >= 15 is 0 Å². The summed E-state index contributed by atoms with van der Waals surface area (Å²) in [7, 11) is 1.63. The molecule has 1 rings (SSSR count). The van der Waals surface area contributed by atoms with Crippen LogP contribution in [0.2, 0.25) is 0 Å². The van der Waals surface area contributed by atoms with Gasteiger partial charge in [0.15, 0.2) is 0 Å². The number of carbonyl (C=O) groups is 2. The third-order valence-electron chi connectivity index (χ3n) is 6.75. The number of aliphatic hydroxyl groups excluding tert-OH is 1. The predicted molar refractivity (Wildman–Crippen MR) is 146 cm³/mol. The molecule has 0 fully saturated rings. The van der Waals surface area contributed by atoms with Gasteiger partial charge in [-0.3, -0.25) is 9.59 Å². The monoisotopic (exact) mass is 522 g/mol. The zero-order chi connectivity index (χ0) is 27.8. The van der Waals surface area contributed by atoms with E-state index in [-0.39, 0.29) is 35.5 Å². The third-order valence-corrected chi connectivity index (χ3v) is 6.75. The smallest absolute Gasteiger partial charge is 0.256 e. The van der Waals surface area contributed by atoms with Crippen molar-refractivity contribution < 1.29 is 24.2 Å². The summed E-state index contributed by atoms with van der Waals surface area (Å²) in [4.78, 5) is 29.8. The van der Waals surface area contributed by atoms with Crippen molar-refractivity contribution in [3.63, 3.8) is 0 Å². The van der Waals surface area contributed by atoms with Gasteiger partial charge >= 0.3 is 0 Å². The molecule has 0 aliphatic heterocycles. The average molecular weight is 523 g/mol. The summed E-state index contributed by atoms with van der Waals surface area (Å²) in [5, 5.41) is 16.8. The number of ether oxygens (including phenoxy) is 2. The number of nitrogens with two attached hydrogens (primary N) is 1. The molecule has 9 heteroatoms. The molecule has 1 aromatic heterocycles. The van der Waals surface area contributed by atoms with Gasteiger partial charge in [-0.2, -0.15) is 0 Å². The van der Waals surface area contributed by atoms with Crippen LogP contribution in [-0.4, -0.2) is 67.5 Å². The highest BCUT2D eigenvalue weighted by Crippen LogP contribution is 2.23. The zero-order valence-corrected chi connectivity index (χ0v) is 23.7. The second kappa shape index (κ2) is 18.1. The van der Waals surface area contributed by atoms with Crippen molar-refractivity contribution in [2.45, 2.75) is 78.9 Å². The lowest BCUT2D eigenvalue weighted by molar-refractivity contribution is -0.127. The molecule has 0 spiro atoms. The van der Waals surface area contributed by atoms with E-state index in [0.717, 1.165) is 12.8 Å². The van der Waals surface area contributed by atoms with Gasteiger partial charge in [0.1, 0.15) is 5.56 Å². The minimum Gasteiger partial charge on any atom is -0.477 e. The SMILES string of the molecule is CCCCNC(=O)[C@@H](C[C@H](O)[C@@H](N)C[C@H](CNC(=O)c1cccnc1OCCCOC)C(C)C)C(C)C. The van der Waals surface area contributed by atoms with Crippen LogP contribution < -0.4 is 21.1 Å². The number of hydrogen-bond donors (Lipinski definition) is 4. The van der Waals surface area contributed by atoms with E-state index in [0.29, 0.717) is 57.0 Å². The van der Waals surface area contributed by atoms with E-state index < -0.39 is 12.1 Å². The van der Waals surface area contributed by atoms with Gasteiger partial charge in [0.2, 0.25) is 11.8 Å². The quantitative estimate of drug-likeness (QED) is 0.205. The first-order valence-corrected chi connectivity index (χ1v) is 13.7. The Labute approximate surface area is 223 Å². The van der Waals surface area contributed by atoms with Crippen LogP contribution in [0.4, 0.5) is 0 Å². The summed E-state index contributed by atoms with van der Waals surface area (Å²) >= 11 is 0. The lowest BCUT2D eigenvalue weighted by Gasteiger charge is -2.30. The fourth-order valence-electron chi connectivity index (χ4n) is 4.10. The van der Waals surface area contributed by atoms with Gasteiger partial charge in [0.25, 0.3) is 5.91 Å². The molecular formula is C28H50N4O5. The van der Waals surface area contributed by atoms with Gasteiger partial charge in [0, 0.05) is 51.4 Å². The van der Waals surface area contributed by atoms with Crippen LogP contribution in [0, 0.1) is 23.7 Å². The van der Waals surface area contributed by atoms with Gasteiger partial charge in [-0.15, -0.1) is 0 Å². The summed E-state index contributed by atoms with van der Waals surface area (Å²) < 4.78 is 10.7. The molecule has 0 radical (unpaired) electrons. The van der Waals surface area contributed by atoms with Crippen LogP contribution in [0.3, 0.4) is 0 Å². The van der Waals surface area contributed by atoms with Crippen LogP contribution in [0.1, 0.15) is 77.1 Å². The molecule has 4 atom stereocenters. The first-order valence-electron chi connectivity index (χ1n) is 13.7. The molecule has 37 heavy (non-hydrogen) atoms. The highest BCUT2D eigenvalue weighted by atomic mass is 16.5. The highest BCUT2D eigenvalue weighted by Gasteiger charge is 2.29. The minimum atomic E-state index is -0.813. The fourth-order valence-corrected chi connectivity index (χ4v) is 4.10. The predicted octanol–water partition coefficient (Wildman–Crippen LogP) is 3.16. The number of carbonyl (C=O) groups excluding carboxylic acids is 2. The summed E-state index contributed by atoms with van der Waals surface area (Å²) in [6.07, 6.45) is 4.25. The summed E-state index contributed by atoms with van der Waals surface area (Å²) in [5.74, 6) is 0.0679. The van der Waals surface area contributed by atoms with Gasteiger partial charge < -0.3 is 30.9 Å². The zero-order valence-electron chi connectivity index (χ0n) is 23.7. The maximum Gasteiger partial charge on any atom is 0.256 e. The normalized spacial score (nSPS) is 14.8. The Morgan fingerprint density at radius 2 is 1.81 bits per heavy atom. The Kier molecular flexibility index (Phi) is 16.0. The van der Waals surface area contributed by atoms with Gasteiger partial charge in [-0.25, -0.2) is 4.98 Å². The van der Waals surface area contributed by atoms with Gasteiger partial charge in [0.05, 0.1) is 12.7 Å². The van der Waals surface area contributed by atoms with Gasteiger partial charge in [-0.1, -0.05) is 41.0 Å². The van der Waals surface area contributed by atoms with Crippen molar-refractivity contribution in [1.82, 2.24) is 15.6 Å². The molecule has 0 aliphatic carbocycles. The van der Waals surface area contributed by atoms with Gasteiger partial charge in [-0.05, 0) is 49.1 Å². The lowest BCUT2D eigenvalue weighted by atomic mass is 9.83. The minimum absolute atomic E-state index is 0.0286. The van der Waals surface area contributed by atoms with Crippen LogP contribution in [0.5, 0.6) is 5.88 Å². The molecule has 5 N–H and O–H groups in total. The number of unbranched alkanes of at least 4 members (excludes halogenated alkanes) is 1. The van der Waals surface area contributed by atoms with E-state index in [9.17, 15) is 14.7 Å². The van der Waals surface area contributed by atoms with Crippen LogP contribution in [0.25, 0.3) is 0 Å². The number of aromatic nitrogens is 1. The number of nitrogens with one attached hydrogen (secondary N) is 2. The van der Waals surface area contributed by atoms with E-state index in [1.807, 2.05) is 13.8 Å². The molecule has 9 nitrogen and oxygen atoms in total. The maximum atomic E-state index is 12.9. The van der Waals surface area contributed by atoms with Crippen LogP contribution >= 0.6 is 0 Å². The number of rotatable bonds is 19. The number of hydrogen-bond acceptors (Lipinski definition) is 7. The van der Waals surface area contributed by atoms with Crippen molar-refractivity contribution in [3.05, 3.63) is 23.9 Å². The van der Waals surface area contributed by atoms with Crippen LogP contribution in [0.15, 0.2) is 18.3 Å². The molecule has 0 aliphatic rings. The Bertz CT molecular complexity index is 790. The number of pyridine rings is 1. The average Bonchev–Trinajstić information content (AvgIpc) is 2.87. The van der Waals surface area contributed by atoms with Crippen molar-refractivity contribution in [1.29, 1.82) is 0 Å². The number of nitrogens with zero attached hydrogens (tertiary/aromatic N) is 1. The molecule has 0 saturated carbocycles. The Hall–Kier alpha value is -2.23. The highest BCUT2D eigenvalue weighted by molar-refractivity contribution is 5.96. The molecule has 0 bridgehead atoms. The maximum absolute atomic E-state index is 12.9. The summed E-state index contributed by atoms with van der Waals surface area (Å²) in [6, 6.07) is 2.88. The molecule has 1 aromatic rings. The summed E-state index contributed by atoms with van der Waals surface area (Å²) in [6.45, 7) is 12.2. The molecule has 212 valence electrons. The van der Waals surface area contributed by atoms with Crippen LogP contribution in [-0.2, 0) is 9.53 Å². The van der Waals surface area contributed by atoms with E-state index in [1.165, 1.54) is 0 Å². The Balaban J connectivity index is 2.71. The third kappa shape index (κ3) is 12.2. The van der Waals surface area contributed by atoms with Crippen molar-refractivity contribution in [2.24, 2.45) is 29.4 Å². The Morgan fingerprint density at radius 1 is 1.08 bits per heavy atom. The van der Waals surface area contributed by atoms with Crippen molar-refractivity contribution >= 4 is 11.8 Å². The van der Waals surface area contributed by atoms with E-state index in [4.69, 9.17) is 15.2 Å². The number of amides is 2. The Morgan fingerprint density at radius 3 is 2.43 bits per heavy atom. The second-order valence-corrected chi connectivity index (χ2v) is 10.5. The fraction of sp³-hybridized carbons (Fsp3) is 0.750. The first-order chi connectivity index (χ1) is 17.6. The molecule has 2 amide bonds. The standard InChI is InChI=1S/C28H50N4O5/c1-7-8-12-30-27(35)23(20(4)5)17-25(33)24(29)16-21(19(2)3)18-32-26(34)22-11-9-13-31-28(22)37-15-10-14-36-6/h9,11,13,19-21,23-25,33H,7-8,10,12,14-18,29H2,1-6H3,(H,30,35)(H,32,34)/t21-,23+,24+,25+/m1/s1. The van der Waals surface area contributed by atoms with Crippen molar-refractivity contribution in [2.75, 3.05) is 33.4 Å². The molecular weight excluding hydrogens is 472 g/mol. The number of aliphatic hydroxyl groups is 1.